The molecule has 9 heteroatoms. The SMILES string of the molecule is COCCCN[SH+](=O)c1ccc(-c2ccc(OCC3CCN(c4nc(C(C)C)no4)CC3)cc2)cc1. The van der Waals surface area contributed by atoms with Gasteiger partial charge in [0.1, 0.15) is 5.75 Å². The zero-order chi connectivity index (χ0) is 25.3. The van der Waals surface area contributed by atoms with Gasteiger partial charge in [-0.2, -0.15) is 4.98 Å². The topological polar surface area (TPSA) is 89.7 Å². The molecule has 2 heterocycles. The van der Waals surface area contributed by atoms with Crippen LogP contribution in [0.4, 0.5) is 6.01 Å². The second-order valence-corrected chi connectivity index (χ2v) is 10.9. The third-order valence-electron chi connectivity index (χ3n) is 6.39. The van der Waals surface area contributed by atoms with E-state index < -0.39 is 11.0 Å². The molecule has 0 aliphatic carbocycles. The van der Waals surface area contributed by atoms with E-state index in [0.29, 0.717) is 31.7 Å². The highest BCUT2D eigenvalue weighted by atomic mass is 32.2. The largest absolute Gasteiger partial charge is 0.493 e. The molecule has 4 rings (SSSR count). The van der Waals surface area contributed by atoms with E-state index in [0.717, 1.165) is 59.9 Å². The number of aromatic nitrogens is 2. The van der Waals surface area contributed by atoms with Crippen LogP contribution >= 0.6 is 0 Å². The quantitative estimate of drug-likeness (QED) is 0.212. The van der Waals surface area contributed by atoms with Gasteiger partial charge in [-0.15, -0.1) is 4.72 Å². The van der Waals surface area contributed by atoms with Gasteiger partial charge >= 0.3 is 6.01 Å². The van der Waals surface area contributed by atoms with Crippen LogP contribution in [0.25, 0.3) is 11.1 Å². The van der Waals surface area contributed by atoms with E-state index in [1.54, 1.807) is 7.11 Å². The van der Waals surface area contributed by atoms with Gasteiger partial charge in [0.25, 0.3) is 0 Å². The van der Waals surface area contributed by atoms with Gasteiger partial charge in [0, 0.05) is 39.3 Å². The van der Waals surface area contributed by atoms with Crippen LogP contribution in [0.3, 0.4) is 0 Å². The standard InChI is InChI=1S/C27H36N4O4S/c1-20(2)26-29-27(35-30-26)31-16-13-21(14-17-31)19-34-24-9-5-22(6-10-24)23-7-11-25(12-8-23)36(32)28-15-4-18-33-3/h5-12,20-21H,4,13-19H2,1-3H3,(H,28,32)/p+1. The fourth-order valence-corrected chi connectivity index (χ4v) is 5.08. The van der Waals surface area contributed by atoms with Crippen molar-refractivity contribution in [3.8, 4) is 16.9 Å². The molecule has 1 saturated heterocycles. The number of methoxy groups -OCH3 is 1. The van der Waals surface area contributed by atoms with Crippen LogP contribution in [0.1, 0.15) is 44.9 Å². The summed E-state index contributed by atoms with van der Waals surface area (Å²) in [6.45, 7) is 7.96. The molecule has 194 valence electrons. The Morgan fingerprint density at radius 1 is 1.08 bits per heavy atom. The Labute approximate surface area is 216 Å². The molecule has 3 aromatic rings. The van der Waals surface area contributed by atoms with Crippen molar-refractivity contribution in [1.29, 1.82) is 0 Å². The lowest BCUT2D eigenvalue weighted by Crippen LogP contribution is -2.35. The van der Waals surface area contributed by atoms with E-state index in [2.05, 4.69) is 45.7 Å². The van der Waals surface area contributed by atoms with Gasteiger partial charge in [-0.3, -0.25) is 0 Å². The van der Waals surface area contributed by atoms with Crippen molar-refractivity contribution < 1.29 is 18.2 Å². The summed E-state index contributed by atoms with van der Waals surface area (Å²) >= 11 is 0. The Balaban J connectivity index is 1.22. The predicted octanol–water partition coefficient (Wildman–Crippen LogP) is 4.75. The molecular weight excluding hydrogens is 476 g/mol. The minimum Gasteiger partial charge on any atom is -0.493 e. The summed E-state index contributed by atoms with van der Waals surface area (Å²) in [4.78, 5) is 7.48. The molecule has 0 amide bonds. The van der Waals surface area contributed by atoms with Crippen LogP contribution in [-0.2, 0) is 19.9 Å². The van der Waals surface area contributed by atoms with Crippen molar-refractivity contribution in [2.24, 2.45) is 5.92 Å². The molecule has 1 N–H and O–H groups in total. The van der Waals surface area contributed by atoms with Crippen molar-refractivity contribution in [2.45, 2.75) is 43.9 Å². The molecule has 0 saturated carbocycles. The third kappa shape index (κ3) is 7.15. The average Bonchev–Trinajstić information content (AvgIpc) is 3.41. The minimum atomic E-state index is -1.60. The third-order valence-corrected chi connectivity index (χ3v) is 7.67. The van der Waals surface area contributed by atoms with Crippen LogP contribution in [0.5, 0.6) is 5.75 Å². The van der Waals surface area contributed by atoms with E-state index >= 15 is 0 Å². The summed E-state index contributed by atoms with van der Waals surface area (Å²) < 4.78 is 32.0. The molecule has 1 aromatic heterocycles. The number of ether oxygens (including phenoxy) is 2. The lowest BCUT2D eigenvalue weighted by Gasteiger charge is -2.30. The van der Waals surface area contributed by atoms with Crippen LogP contribution < -0.4 is 14.4 Å². The lowest BCUT2D eigenvalue weighted by atomic mass is 9.98. The van der Waals surface area contributed by atoms with Crippen molar-refractivity contribution >= 4 is 17.0 Å². The van der Waals surface area contributed by atoms with Gasteiger partial charge in [-0.1, -0.05) is 35.3 Å². The smallest absolute Gasteiger partial charge is 0.324 e. The lowest BCUT2D eigenvalue weighted by molar-refractivity contribution is 0.196. The van der Waals surface area contributed by atoms with Gasteiger partial charge in [0.2, 0.25) is 0 Å². The predicted molar refractivity (Wildman–Crippen MR) is 143 cm³/mol. The fraction of sp³-hybridized carbons (Fsp3) is 0.481. The van der Waals surface area contributed by atoms with Crippen molar-refractivity contribution in [3.05, 3.63) is 54.4 Å². The average molecular weight is 514 g/mol. The number of hydrogen-bond donors (Lipinski definition) is 1. The van der Waals surface area contributed by atoms with Gasteiger partial charge in [0.15, 0.2) is 21.7 Å². The van der Waals surface area contributed by atoms with E-state index in [4.69, 9.17) is 14.0 Å². The number of nitrogens with zero attached hydrogens (tertiary/aromatic N) is 3. The summed E-state index contributed by atoms with van der Waals surface area (Å²) in [7, 11) is 0.0709. The number of nitrogens with one attached hydrogen (secondary N) is 1. The van der Waals surface area contributed by atoms with Crippen LogP contribution in [0.15, 0.2) is 57.9 Å². The van der Waals surface area contributed by atoms with Gasteiger partial charge in [0.05, 0.1) is 6.61 Å². The van der Waals surface area contributed by atoms with E-state index in [1.165, 1.54) is 0 Å². The van der Waals surface area contributed by atoms with Crippen LogP contribution in [0.2, 0.25) is 0 Å². The van der Waals surface area contributed by atoms with Crippen LogP contribution in [-0.4, -0.2) is 50.1 Å². The van der Waals surface area contributed by atoms with E-state index in [-0.39, 0.29) is 5.92 Å². The molecule has 2 aromatic carbocycles. The summed E-state index contributed by atoms with van der Waals surface area (Å²) in [5.41, 5.74) is 2.19. The number of hydrogen-bond acceptors (Lipinski definition) is 7. The van der Waals surface area contributed by atoms with Gasteiger partial charge in [-0.05, 0) is 72.7 Å². The van der Waals surface area contributed by atoms with Crippen molar-refractivity contribution in [1.82, 2.24) is 14.9 Å². The summed E-state index contributed by atoms with van der Waals surface area (Å²) in [5, 5.41) is 4.07. The molecule has 0 spiro atoms. The Morgan fingerprint density at radius 3 is 2.36 bits per heavy atom. The summed E-state index contributed by atoms with van der Waals surface area (Å²) in [5.74, 6) is 2.41. The molecule has 1 fully saturated rings. The normalized spacial score (nSPS) is 15.4. The van der Waals surface area contributed by atoms with E-state index in [1.807, 2.05) is 36.4 Å². The molecule has 0 radical (unpaired) electrons. The zero-order valence-electron chi connectivity index (χ0n) is 21.4. The first-order valence-electron chi connectivity index (χ1n) is 12.6. The number of rotatable bonds is 12. The molecule has 1 atom stereocenters. The Hall–Kier alpha value is -2.75. The van der Waals surface area contributed by atoms with Gasteiger partial charge < -0.3 is 18.9 Å². The zero-order valence-corrected chi connectivity index (χ0v) is 22.2. The highest BCUT2D eigenvalue weighted by molar-refractivity contribution is 7.83. The molecule has 36 heavy (non-hydrogen) atoms. The molecule has 8 nitrogen and oxygen atoms in total. The monoisotopic (exact) mass is 513 g/mol. The molecule has 1 unspecified atom stereocenters. The second-order valence-electron chi connectivity index (χ2n) is 9.45. The van der Waals surface area contributed by atoms with Gasteiger partial charge in [-0.25, -0.2) is 0 Å². The Kier molecular flexibility index (Phi) is 9.49. The molecule has 1 aliphatic rings. The summed E-state index contributed by atoms with van der Waals surface area (Å²) in [6, 6.07) is 16.7. The van der Waals surface area contributed by atoms with Crippen molar-refractivity contribution in [3.63, 3.8) is 0 Å². The number of piperidine rings is 1. The first-order valence-corrected chi connectivity index (χ1v) is 13.9. The number of anilines is 1. The summed E-state index contributed by atoms with van der Waals surface area (Å²) in [6.07, 6.45) is 2.91. The fourth-order valence-electron chi connectivity index (χ4n) is 4.12. The van der Waals surface area contributed by atoms with Crippen LogP contribution in [0, 0.1) is 5.92 Å². The maximum atomic E-state index is 12.4. The highest BCUT2D eigenvalue weighted by Gasteiger charge is 2.24. The van der Waals surface area contributed by atoms with Crippen molar-refractivity contribution in [2.75, 3.05) is 44.9 Å². The molecule has 0 bridgehead atoms. The first kappa shape index (κ1) is 26.3. The highest BCUT2D eigenvalue weighted by Crippen LogP contribution is 2.26. The second kappa shape index (κ2) is 13.0. The molecular formula is C27H37N4O4S+. The Bertz CT molecular complexity index is 1090. The Morgan fingerprint density at radius 2 is 1.75 bits per heavy atom. The maximum Gasteiger partial charge on any atom is 0.324 e. The van der Waals surface area contributed by atoms with E-state index in [9.17, 15) is 4.21 Å². The minimum absolute atomic E-state index is 0.267. The maximum absolute atomic E-state index is 12.4. The first-order chi connectivity index (χ1) is 17.5. The molecule has 1 aliphatic heterocycles. The number of benzene rings is 2. The number of thiol groups is 1.